The van der Waals surface area contributed by atoms with Gasteiger partial charge < -0.3 is 25.3 Å². The van der Waals surface area contributed by atoms with Crippen molar-refractivity contribution in [3.8, 4) is 0 Å². The van der Waals surface area contributed by atoms with E-state index in [1.54, 1.807) is 18.0 Å². The summed E-state index contributed by atoms with van der Waals surface area (Å²) in [7, 11) is 0. The molecule has 2 amide bonds. The predicted molar refractivity (Wildman–Crippen MR) is 118 cm³/mol. The molecular weight excluding hydrogens is 396 g/mol. The van der Waals surface area contributed by atoms with Crippen molar-refractivity contribution in [1.82, 2.24) is 19.8 Å². The molecule has 0 spiro atoms. The third-order valence-corrected chi connectivity index (χ3v) is 5.24. The number of likely N-dealkylation sites (tertiary alicyclic amines) is 1. The zero-order valence-electron chi connectivity index (χ0n) is 18.7. The third kappa shape index (κ3) is 6.26. The number of ether oxygens (including phenoxy) is 1. The van der Waals surface area contributed by atoms with E-state index in [9.17, 15) is 9.59 Å². The van der Waals surface area contributed by atoms with Crippen molar-refractivity contribution in [2.24, 2.45) is 0 Å². The standard InChI is InChI=1S/C22H32N6O3/c1-15(11-23)12-24-20-25-13-16(14-26-20)19(29)28(17-5-6-17)18-7-9-27(10-8-18)21(30)31-22(2,3)4/h11-14,17-18,23H,5-10H2,1-4H3,(H,24,25,26)/b15-12-,23-11?. The number of rotatable bonds is 6. The molecule has 2 fully saturated rings. The second kappa shape index (κ2) is 9.45. The lowest BCUT2D eigenvalue weighted by Crippen LogP contribution is -2.50. The van der Waals surface area contributed by atoms with Gasteiger partial charge in [0.1, 0.15) is 5.60 Å². The van der Waals surface area contributed by atoms with Crippen molar-refractivity contribution >= 4 is 24.2 Å². The van der Waals surface area contributed by atoms with Gasteiger partial charge in [0.05, 0.1) is 5.56 Å². The summed E-state index contributed by atoms with van der Waals surface area (Å²) in [6.45, 7) is 8.53. The molecule has 2 aliphatic rings. The topological polar surface area (TPSA) is 112 Å². The van der Waals surface area contributed by atoms with Crippen LogP contribution in [0.4, 0.5) is 10.7 Å². The van der Waals surface area contributed by atoms with Gasteiger partial charge in [-0.2, -0.15) is 0 Å². The number of amides is 2. The number of anilines is 1. The molecule has 0 aromatic carbocycles. The molecule has 1 aromatic heterocycles. The minimum absolute atomic E-state index is 0.0593. The first-order valence-corrected chi connectivity index (χ1v) is 10.7. The maximum Gasteiger partial charge on any atom is 0.410 e. The Balaban J connectivity index is 1.62. The molecule has 9 nitrogen and oxygen atoms in total. The number of allylic oxidation sites excluding steroid dienone is 1. The summed E-state index contributed by atoms with van der Waals surface area (Å²) in [6, 6.07) is 0.344. The highest BCUT2D eigenvalue weighted by molar-refractivity contribution is 5.94. The number of carbonyl (C=O) groups is 2. The Morgan fingerprint density at radius 3 is 2.26 bits per heavy atom. The van der Waals surface area contributed by atoms with Gasteiger partial charge >= 0.3 is 6.09 Å². The molecule has 3 rings (SSSR count). The molecule has 1 aliphatic carbocycles. The third-order valence-electron chi connectivity index (χ3n) is 5.24. The highest BCUT2D eigenvalue weighted by Gasteiger charge is 2.40. The highest BCUT2D eigenvalue weighted by atomic mass is 16.6. The normalized spacial score (nSPS) is 17.8. The van der Waals surface area contributed by atoms with Gasteiger partial charge in [0.25, 0.3) is 5.91 Å². The fraction of sp³-hybridized carbons (Fsp3) is 0.591. The van der Waals surface area contributed by atoms with Gasteiger partial charge in [-0.1, -0.05) is 0 Å². The van der Waals surface area contributed by atoms with Gasteiger partial charge in [0.15, 0.2) is 0 Å². The molecular formula is C22H32N6O3. The van der Waals surface area contributed by atoms with Crippen LogP contribution in [0.3, 0.4) is 0 Å². The van der Waals surface area contributed by atoms with Gasteiger partial charge in [-0.3, -0.25) is 4.79 Å². The second-order valence-electron chi connectivity index (χ2n) is 9.11. The van der Waals surface area contributed by atoms with Crippen LogP contribution in [0.2, 0.25) is 0 Å². The Hall–Kier alpha value is -2.97. The Kier molecular flexibility index (Phi) is 6.92. The molecule has 0 radical (unpaired) electrons. The Morgan fingerprint density at radius 1 is 1.16 bits per heavy atom. The number of nitrogens with zero attached hydrogens (tertiary/aromatic N) is 4. The van der Waals surface area contributed by atoms with E-state index < -0.39 is 5.60 Å². The number of aromatic nitrogens is 2. The molecule has 1 saturated heterocycles. The van der Waals surface area contributed by atoms with Crippen LogP contribution >= 0.6 is 0 Å². The van der Waals surface area contributed by atoms with Crippen LogP contribution in [0.5, 0.6) is 0 Å². The zero-order valence-corrected chi connectivity index (χ0v) is 18.7. The summed E-state index contributed by atoms with van der Waals surface area (Å²) in [4.78, 5) is 37.7. The Bertz CT molecular complexity index is 834. The molecule has 0 bridgehead atoms. The van der Waals surface area contributed by atoms with E-state index in [4.69, 9.17) is 10.1 Å². The van der Waals surface area contributed by atoms with E-state index in [1.807, 2.05) is 25.7 Å². The first-order valence-electron chi connectivity index (χ1n) is 10.7. The van der Waals surface area contributed by atoms with E-state index in [2.05, 4.69) is 15.3 Å². The number of hydrogen-bond acceptors (Lipinski definition) is 7. The van der Waals surface area contributed by atoms with Crippen LogP contribution in [0, 0.1) is 5.41 Å². The largest absolute Gasteiger partial charge is 0.444 e. The lowest BCUT2D eigenvalue weighted by Gasteiger charge is -2.39. The summed E-state index contributed by atoms with van der Waals surface area (Å²) < 4.78 is 5.47. The van der Waals surface area contributed by atoms with Gasteiger partial charge in [0, 0.05) is 50.0 Å². The van der Waals surface area contributed by atoms with Gasteiger partial charge in [-0.05, 0) is 59.0 Å². The molecule has 9 heteroatoms. The van der Waals surface area contributed by atoms with Crippen molar-refractivity contribution < 1.29 is 14.3 Å². The van der Waals surface area contributed by atoms with Crippen LogP contribution in [0.1, 0.15) is 63.7 Å². The molecule has 1 aromatic rings. The van der Waals surface area contributed by atoms with Crippen molar-refractivity contribution in [3.05, 3.63) is 29.7 Å². The summed E-state index contributed by atoms with van der Waals surface area (Å²) in [5.74, 6) is 0.317. The first kappa shape index (κ1) is 22.7. The van der Waals surface area contributed by atoms with Crippen molar-refractivity contribution in [2.75, 3.05) is 18.4 Å². The van der Waals surface area contributed by atoms with E-state index >= 15 is 0 Å². The number of piperidine rings is 1. The van der Waals surface area contributed by atoms with Crippen LogP contribution < -0.4 is 5.32 Å². The number of hydrogen-bond donors (Lipinski definition) is 2. The van der Waals surface area contributed by atoms with Crippen molar-refractivity contribution in [2.45, 2.75) is 71.1 Å². The van der Waals surface area contributed by atoms with E-state index in [0.29, 0.717) is 24.6 Å². The van der Waals surface area contributed by atoms with Gasteiger partial charge in [-0.15, -0.1) is 0 Å². The summed E-state index contributed by atoms with van der Waals surface area (Å²) in [6.07, 6.45) is 9.13. The van der Waals surface area contributed by atoms with Crippen molar-refractivity contribution in [1.29, 1.82) is 5.41 Å². The maximum atomic E-state index is 13.2. The van der Waals surface area contributed by atoms with Gasteiger partial charge in [0.2, 0.25) is 5.95 Å². The average Bonchev–Trinajstić information content (AvgIpc) is 3.56. The van der Waals surface area contributed by atoms with Gasteiger partial charge in [-0.25, -0.2) is 14.8 Å². The molecule has 1 aliphatic heterocycles. The Labute approximate surface area is 183 Å². The second-order valence-corrected chi connectivity index (χ2v) is 9.11. The maximum absolute atomic E-state index is 13.2. The average molecular weight is 429 g/mol. The lowest BCUT2D eigenvalue weighted by atomic mass is 10.0. The minimum Gasteiger partial charge on any atom is -0.444 e. The molecule has 168 valence electrons. The molecule has 2 N–H and O–H groups in total. The SMILES string of the molecule is C/C(C=N)=C/Nc1ncc(C(=O)N(C2CC2)C2CCN(C(=O)OC(C)(C)C)CC2)cn1. The molecule has 0 unspecified atom stereocenters. The van der Waals surface area contributed by atoms with Crippen LogP contribution in [-0.4, -0.2) is 68.8 Å². The first-order chi connectivity index (χ1) is 14.7. The summed E-state index contributed by atoms with van der Waals surface area (Å²) >= 11 is 0. The van der Waals surface area contributed by atoms with Crippen molar-refractivity contribution in [3.63, 3.8) is 0 Å². The number of nitrogens with one attached hydrogen (secondary N) is 2. The lowest BCUT2D eigenvalue weighted by molar-refractivity contribution is 0.0142. The smallest absolute Gasteiger partial charge is 0.410 e. The predicted octanol–water partition coefficient (Wildman–Crippen LogP) is 3.45. The highest BCUT2D eigenvalue weighted by Crippen LogP contribution is 2.33. The summed E-state index contributed by atoms with van der Waals surface area (Å²) in [5, 5.41) is 10.1. The Morgan fingerprint density at radius 2 is 1.74 bits per heavy atom. The fourth-order valence-corrected chi connectivity index (χ4v) is 3.52. The van der Waals surface area contributed by atoms with Crippen LogP contribution in [0.25, 0.3) is 0 Å². The quantitative estimate of drug-likeness (QED) is 0.671. The van der Waals surface area contributed by atoms with Crippen LogP contribution in [-0.2, 0) is 4.74 Å². The molecule has 0 atom stereocenters. The summed E-state index contributed by atoms with van der Waals surface area (Å²) in [5.41, 5.74) is 0.681. The van der Waals surface area contributed by atoms with E-state index in [1.165, 1.54) is 18.6 Å². The minimum atomic E-state index is -0.515. The molecule has 31 heavy (non-hydrogen) atoms. The van der Waals surface area contributed by atoms with Crippen LogP contribution in [0.15, 0.2) is 24.2 Å². The zero-order chi connectivity index (χ0) is 22.6. The van der Waals surface area contributed by atoms with E-state index in [0.717, 1.165) is 31.3 Å². The van der Waals surface area contributed by atoms with E-state index in [-0.39, 0.29) is 24.1 Å². The molecule has 2 heterocycles. The number of carbonyl (C=O) groups excluding carboxylic acids is 2. The fourth-order valence-electron chi connectivity index (χ4n) is 3.52. The monoisotopic (exact) mass is 428 g/mol. The molecule has 1 saturated carbocycles.